The van der Waals surface area contributed by atoms with E-state index in [0.29, 0.717) is 23.1 Å². The highest BCUT2D eigenvalue weighted by molar-refractivity contribution is 7.91. The van der Waals surface area contributed by atoms with Crippen molar-refractivity contribution in [2.75, 3.05) is 26.7 Å². The highest BCUT2D eigenvalue weighted by Crippen LogP contribution is 2.34. The largest absolute Gasteiger partial charge is 0.495 e. The third-order valence-electron chi connectivity index (χ3n) is 5.67. The van der Waals surface area contributed by atoms with Crippen molar-refractivity contribution in [3.05, 3.63) is 53.8 Å². The number of esters is 1. The van der Waals surface area contributed by atoms with E-state index in [-0.39, 0.29) is 35.2 Å². The number of nitrogens with one attached hydrogen (secondary N) is 1. The molecule has 2 aromatic carbocycles. The van der Waals surface area contributed by atoms with Gasteiger partial charge in [-0.2, -0.15) is 13.2 Å². The van der Waals surface area contributed by atoms with Crippen molar-refractivity contribution in [1.29, 1.82) is 0 Å². The Hall–Kier alpha value is -3.09. The third-order valence-corrected chi connectivity index (χ3v) is 7.42. The van der Waals surface area contributed by atoms with Crippen LogP contribution in [0.25, 0.3) is 11.0 Å². The number of hydrogen-bond acceptors (Lipinski definition) is 8. The van der Waals surface area contributed by atoms with Crippen LogP contribution in [0.5, 0.6) is 5.75 Å². The normalized spacial score (nSPS) is 17.5. The number of nitrogens with zero attached hydrogens (tertiary/aromatic N) is 1. The van der Waals surface area contributed by atoms with Gasteiger partial charge >= 0.3 is 12.1 Å². The first-order valence-corrected chi connectivity index (χ1v) is 12.1. The van der Waals surface area contributed by atoms with E-state index in [4.69, 9.17) is 9.15 Å². The van der Waals surface area contributed by atoms with Gasteiger partial charge in [0.15, 0.2) is 6.23 Å². The molecule has 1 saturated heterocycles. The molecule has 2 heterocycles. The lowest BCUT2D eigenvalue weighted by Crippen LogP contribution is -2.53. The third kappa shape index (κ3) is 5.14. The minimum Gasteiger partial charge on any atom is -0.495 e. The van der Waals surface area contributed by atoms with Gasteiger partial charge in [0.2, 0.25) is 9.84 Å². The summed E-state index contributed by atoms with van der Waals surface area (Å²) in [6.07, 6.45) is -4.92. The van der Waals surface area contributed by atoms with Crippen molar-refractivity contribution in [1.82, 2.24) is 10.2 Å². The minimum absolute atomic E-state index is 0.00416. The number of aryl methyl sites for hydroxylation is 1. The second-order valence-electron chi connectivity index (χ2n) is 8.11. The topological polar surface area (TPSA) is 98.1 Å². The number of ether oxygens (including phenoxy) is 2. The zero-order chi connectivity index (χ0) is 25.4. The average molecular weight is 513 g/mol. The molecule has 0 aliphatic carbocycles. The average Bonchev–Trinajstić information content (AvgIpc) is 3.29. The second kappa shape index (κ2) is 9.51. The van der Waals surface area contributed by atoms with Gasteiger partial charge in [0.1, 0.15) is 16.2 Å². The molecule has 0 saturated carbocycles. The molecule has 3 aromatic rings. The van der Waals surface area contributed by atoms with Crippen LogP contribution in [-0.4, -0.2) is 58.4 Å². The zero-order valence-electron chi connectivity index (χ0n) is 18.9. The first kappa shape index (κ1) is 25.0. The Bertz CT molecular complexity index is 1350. The van der Waals surface area contributed by atoms with Gasteiger partial charge in [-0.1, -0.05) is 6.07 Å². The summed E-state index contributed by atoms with van der Waals surface area (Å²) in [5.74, 6) is -2.10. The van der Waals surface area contributed by atoms with E-state index in [9.17, 15) is 26.4 Å². The van der Waals surface area contributed by atoms with Crippen LogP contribution in [0.3, 0.4) is 0 Å². The van der Waals surface area contributed by atoms with E-state index in [2.05, 4.69) is 10.1 Å². The number of alkyl halides is 3. The van der Waals surface area contributed by atoms with Crippen molar-refractivity contribution in [2.45, 2.75) is 35.7 Å². The molecule has 35 heavy (non-hydrogen) atoms. The van der Waals surface area contributed by atoms with Crippen molar-refractivity contribution in [3.63, 3.8) is 0 Å². The van der Waals surface area contributed by atoms with Crippen LogP contribution >= 0.6 is 0 Å². The Balaban J connectivity index is 1.72. The fourth-order valence-corrected chi connectivity index (χ4v) is 5.54. The number of hydrogen-bond donors (Lipinski definition) is 1. The van der Waals surface area contributed by atoms with Crippen molar-refractivity contribution >= 4 is 26.8 Å². The van der Waals surface area contributed by atoms with E-state index in [0.717, 1.165) is 5.56 Å². The number of carbonyl (C=O) groups excluding carboxylic acids is 1. The molecule has 1 N–H and O–H groups in total. The summed E-state index contributed by atoms with van der Waals surface area (Å²) in [5, 5.41) is 3.40. The minimum atomic E-state index is -5.13. The molecular weight excluding hydrogens is 489 g/mol. The van der Waals surface area contributed by atoms with E-state index in [1.54, 1.807) is 25.1 Å². The highest BCUT2D eigenvalue weighted by atomic mass is 32.2. The predicted octanol–water partition coefficient (Wildman–Crippen LogP) is 3.42. The van der Waals surface area contributed by atoms with Gasteiger partial charge in [-0.3, -0.25) is 4.90 Å². The SMILES string of the molecule is COc1ccc(C)cc1S(=O)(=O)c1cc(CN2CCNCC2OC(=O)C(F)(F)F)c2occc2c1. The molecule has 1 atom stereocenters. The quantitative estimate of drug-likeness (QED) is 0.502. The molecule has 8 nitrogen and oxygen atoms in total. The summed E-state index contributed by atoms with van der Waals surface area (Å²) in [7, 11) is -2.64. The van der Waals surface area contributed by atoms with E-state index in [1.165, 1.54) is 36.5 Å². The second-order valence-corrected chi connectivity index (χ2v) is 10.0. The molecule has 1 aromatic heterocycles. The van der Waals surface area contributed by atoms with Crippen LogP contribution in [0, 0.1) is 6.92 Å². The summed E-state index contributed by atoms with van der Waals surface area (Å²) in [4.78, 5) is 12.9. The van der Waals surface area contributed by atoms with Gasteiger partial charge in [-0.05, 0) is 42.8 Å². The summed E-state index contributed by atoms with van der Waals surface area (Å²) in [6, 6.07) is 9.31. The first-order valence-electron chi connectivity index (χ1n) is 10.6. The smallest absolute Gasteiger partial charge is 0.490 e. The summed E-state index contributed by atoms with van der Waals surface area (Å²) in [5.41, 5.74) is 1.54. The fourth-order valence-electron chi connectivity index (χ4n) is 3.95. The Morgan fingerprint density at radius 1 is 1.23 bits per heavy atom. The molecule has 1 unspecified atom stereocenters. The van der Waals surface area contributed by atoms with Crippen molar-refractivity contribution in [3.8, 4) is 5.75 Å². The zero-order valence-corrected chi connectivity index (χ0v) is 19.7. The van der Waals surface area contributed by atoms with Gasteiger partial charge in [0.25, 0.3) is 0 Å². The van der Waals surface area contributed by atoms with Gasteiger partial charge in [0, 0.05) is 37.1 Å². The summed E-state index contributed by atoms with van der Waals surface area (Å²) in [6.45, 7) is 2.45. The van der Waals surface area contributed by atoms with Crippen LogP contribution in [0.4, 0.5) is 13.2 Å². The lowest BCUT2D eigenvalue weighted by atomic mass is 10.1. The number of methoxy groups -OCH3 is 1. The number of rotatable bonds is 6. The number of carbonyl (C=O) groups is 1. The molecule has 0 radical (unpaired) electrons. The lowest BCUT2D eigenvalue weighted by Gasteiger charge is -2.35. The van der Waals surface area contributed by atoms with Gasteiger partial charge in [-0.25, -0.2) is 13.2 Å². The van der Waals surface area contributed by atoms with E-state index in [1.807, 2.05) is 0 Å². The molecule has 188 valence electrons. The first-order chi connectivity index (χ1) is 16.5. The maximum Gasteiger partial charge on any atom is 0.490 e. The number of halogens is 3. The Morgan fingerprint density at radius 3 is 2.71 bits per heavy atom. The molecule has 1 aliphatic heterocycles. The summed E-state index contributed by atoms with van der Waals surface area (Å²) < 4.78 is 80.9. The molecular formula is C23H23F3N2O6S. The van der Waals surface area contributed by atoms with Crippen LogP contribution in [0.1, 0.15) is 11.1 Å². The van der Waals surface area contributed by atoms with E-state index < -0.39 is 28.2 Å². The van der Waals surface area contributed by atoms with Crippen LogP contribution in [0.2, 0.25) is 0 Å². The van der Waals surface area contributed by atoms with Crippen LogP contribution in [-0.2, 0) is 25.9 Å². The summed E-state index contributed by atoms with van der Waals surface area (Å²) >= 11 is 0. The molecule has 0 bridgehead atoms. The van der Waals surface area contributed by atoms with Crippen LogP contribution in [0.15, 0.2) is 56.9 Å². The van der Waals surface area contributed by atoms with Crippen molar-refractivity contribution < 1.29 is 40.3 Å². The molecule has 0 spiro atoms. The van der Waals surface area contributed by atoms with Crippen LogP contribution < -0.4 is 10.1 Å². The highest BCUT2D eigenvalue weighted by Gasteiger charge is 2.43. The standard InChI is InChI=1S/C23H23F3N2O6S/c1-14-3-4-18(32-2)19(9-14)35(30,31)17-10-15-5-8-33-21(15)16(11-17)13-28-7-6-27-12-20(28)34-22(29)23(24,25)26/h3-5,8-11,20,27H,6-7,12-13H2,1-2H3. The Labute approximate surface area is 199 Å². The van der Waals surface area contributed by atoms with Crippen molar-refractivity contribution in [2.24, 2.45) is 0 Å². The number of sulfone groups is 1. The molecule has 0 amide bonds. The predicted molar refractivity (Wildman–Crippen MR) is 119 cm³/mol. The lowest BCUT2D eigenvalue weighted by molar-refractivity contribution is -0.214. The van der Waals surface area contributed by atoms with Gasteiger partial charge in [-0.15, -0.1) is 0 Å². The van der Waals surface area contributed by atoms with Gasteiger partial charge in [0.05, 0.1) is 18.3 Å². The van der Waals surface area contributed by atoms with E-state index >= 15 is 0 Å². The number of piperazine rings is 1. The molecule has 4 rings (SSSR count). The monoisotopic (exact) mass is 512 g/mol. The van der Waals surface area contributed by atoms with Gasteiger partial charge < -0.3 is 19.2 Å². The Kier molecular flexibility index (Phi) is 6.80. The molecule has 12 heteroatoms. The maximum absolute atomic E-state index is 13.6. The Morgan fingerprint density at radius 2 is 2.00 bits per heavy atom. The molecule has 1 fully saturated rings. The number of furan rings is 1. The number of fused-ring (bicyclic) bond motifs is 1. The molecule has 1 aliphatic rings. The maximum atomic E-state index is 13.6. The fraction of sp³-hybridized carbons (Fsp3) is 0.348. The number of benzene rings is 2.